The fourth-order valence-corrected chi connectivity index (χ4v) is 2.44. The number of aromatic hydroxyl groups is 1. The fraction of sp³-hybridized carbons (Fsp3) is 0.158. The summed E-state index contributed by atoms with van der Waals surface area (Å²) >= 11 is 0. The Labute approximate surface area is 142 Å². The summed E-state index contributed by atoms with van der Waals surface area (Å²) < 4.78 is 0. The van der Waals surface area contributed by atoms with Crippen molar-refractivity contribution in [1.82, 2.24) is 4.90 Å². The Morgan fingerprint density at radius 3 is 2.17 bits per heavy atom. The number of phenolic OH excluding ortho intramolecular Hbond substituents is 1. The molecule has 0 radical (unpaired) electrons. The molecular formula is C19H24N4O. The Morgan fingerprint density at radius 1 is 1.00 bits per heavy atom. The molecule has 0 aliphatic rings. The maximum Gasteiger partial charge on any atom is 0.124 e. The third-order valence-corrected chi connectivity index (χ3v) is 3.59. The van der Waals surface area contributed by atoms with Gasteiger partial charge in [0, 0.05) is 23.4 Å². The summed E-state index contributed by atoms with van der Waals surface area (Å²) in [4.78, 5) is 2.10. The normalized spacial score (nSPS) is 11.5. The van der Waals surface area contributed by atoms with E-state index < -0.39 is 0 Å². The number of hydrogen-bond donors (Lipinski definition) is 4. The van der Waals surface area contributed by atoms with E-state index in [9.17, 15) is 5.11 Å². The number of benzene rings is 2. The molecule has 126 valence electrons. The Hall–Kier alpha value is -2.92. The number of phenols is 1. The highest BCUT2D eigenvalue weighted by atomic mass is 16.3. The van der Waals surface area contributed by atoms with E-state index in [1.165, 1.54) is 5.56 Å². The molecule has 5 nitrogen and oxygen atoms in total. The molecule has 24 heavy (non-hydrogen) atoms. The molecule has 0 unspecified atom stereocenters. The lowest BCUT2D eigenvalue weighted by Gasteiger charge is -2.12. The largest absolute Gasteiger partial charge is 0.507 e. The molecule has 0 aliphatic heterocycles. The highest BCUT2D eigenvalue weighted by Gasteiger charge is 2.08. The number of hydrogen-bond acceptors (Lipinski definition) is 5. The highest BCUT2D eigenvalue weighted by Crippen LogP contribution is 2.25. The van der Waals surface area contributed by atoms with Gasteiger partial charge in [0.25, 0.3) is 0 Å². The van der Waals surface area contributed by atoms with E-state index in [4.69, 9.17) is 17.2 Å². The topological polar surface area (TPSA) is 102 Å². The van der Waals surface area contributed by atoms with E-state index in [0.29, 0.717) is 16.8 Å². The molecule has 2 aromatic carbocycles. The zero-order chi connectivity index (χ0) is 17.7. The van der Waals surface area contributed by atoms with Gasteiger partial charge in [0.15, 0.2) is 0 Å². The molecule has 0 saturated heterocycles. The summed E-state index contributed by atoms with van der Waals surface area (Å²) in [5, 5.41) is 9.92. The van der Waals surface area contributed by atoms with E-state index in [1.807, 2.05) is 38.4 Å². The smallest absolute Gasteiger partial charge is 0.124 e. The molecule has 0 amide bonds. The summed E-state index contributed by atoms with van der Waals surface area (Å²) in [5.41, 5.74) is 21.4. The fourth-order valence-electron chi connectivity index (χ4n) is 2.44. The quantitative estimate of drug-likeness (QED) is 0.631. The van der Waals surface area contributed by atoms with Crippen molar-refractivity contribution in [1.29, 1.82) is 0 Å². The van der Waals surface area contributed by atoms with E-state index in [2.05, 4.69) is 4.90 Å². The van der Waals surface area contributed by atoms with Gasteiger partial charge < -0.3 is 27.2 Å². The van der Waals surface area contributed by atoms with Gasteiger partial charge in [-0.05, 0) is 43.4 Å². The Morgan fingerprint density at radius 2 is 1.62 bits per heavy atom. The monoisotopic (exact) mass is 324 g/mol. The predicted molar refractivity (Wildman–Crippen MR) is 99.4 cm³/mol. The first-order valence-electron chi connectivity index (χ1n) is 7.63. The second-order valence-corrected chi connectivity index (χ2v) is 5.92. The summed E-state index contributed by atoms with van der Waals surface area (Å²) in [7, 11) is 4.04. The van der Waals surface area contributed by atoms with Crippen molar-refractivity contribution in [2.75, 3.05) is 14.1 Å². The van der Waals surface area contributed by atoms with E-state index in [0.717, 1.165) is 12.1 Å². The average molecular weight is 324 g/mol. The SMILES string of the molecule is CN(C)Cc1ccc(C(/C=C(\N)c2ccccc2O)=C(N)N)cc1. The minimum Gasteiger partial charge on any atom is -0.507 e. The predicted octanol–water partition coefficient (Wildman–Crippen LogP) is 2.04. The van der Waals surface area contributed by atoms with Gasteiger partial charge >= 0.3 is 0 Å². The zero-order valence-electron chi connectivity index (χ0n) is 14.0. The molecule has 2 aromatic rings. The van der Waals surface area contributed by atoms with Gasteiger partial charge in [-0.2, -0.15) is 0 Å². The molecule has 0 aromatic heterocycles. The number of nitrogens with two attached hydrogens (primary N) is 3. The number of para-hydroxylation sites is 1. The van der Waals surface area contributed by atoms with Crippen molar-refractivity contribution in [3.05, 3.63) is 77.1 Å². The van der Waals surface area contributed by atoms with Crippen molar-refractivity contribution < 1.29 is 5.11 Å². The van der Waals surface area contributed by atoms with Crippen LogP contribution in [0.4, 0.5) is 0 Å². The van der Waals surface area contributed by atoms with Gasteiger partial charge in [-0.1, -0.05) is 36.4 Å². The van der Waals surface area contributed by atoms with Crippen LogP contribution in [0.3, 0.4) is 0 Å². The van der Waals surface area contributed by atoms with Crippen molar-refractivity contribution in [2.24, 2.45) is 17.2 Å². The van der Waals surface area contributed by atoms with Gasteiger partial charge in [0.05, 0.1) is 0 Å². The Kier molecular flexibility index (Phi) is 5.50. The second-order valence-electron chi connectivity index (χ2n) is 5.92. The van der Waals surface area contributed by atoms with Crippen molar-refractivity contribution >= 4 is 11.3 Å². The summed E-state index contributed by atoms with van der Waals surface area (Å²) in [6, 6.07) is 14.9. The summed E-state index contributed by atoms with van der Waals surface area (Å²) in [6.45, 7) is 0.854. The van der Waals surface area contributed by atoms with Gasteiger partial charge in [-0.3, -0.25) is 0 Å². The first-order chi connectivity index (χ1) is 11.4. The first kappa shape index (κ1) is 17.4. The molecule has 0 spiro atoms. The molecule has 7 N–H and O–H groups in total. The van der Waals surface area contributed by atoms with Gasteiger partial charge in [0.2, 0.25) is 0 Å². The highest BCUT2D eigenvalue weighted by molar-refractivity contribution is 5.85. The van der Waals surface area contributed by atoms with E-state index in [1.54, 1.807) is 30.3 Å². The molecule has 2 rings (SSSR count). The van der Waals surface area contributed by atoms with Crippen LogP contribution in [-0.4, -0.2) is 24.1 Å². The number of allylic oxidation sites excluding steroid dienone is 2. The van der Waals surface area contributed by atoms with Crippen LogP contribution in [0.5, 0.6) is 5.75 Å². The van der Waals surface area contributed by atoms with Crippen molar-refractivity contribution in [3.63, 3.8) is 0 Å². The summed E-state index contributed by atoms with van der Waals surface area (Å²) in [6.07, 6.45) is 1.69. The lowest BCUT2D eigenvalue weighted by Crippen LogP contribution is -2.12. The standard InChI is InChI=1S/C19H24N4O/c1-23(2)12-13-7-9-14(10-8-13)16(19(21)22)11-17(20)15-5-3-4-6-18(15)24/h3-11,24H,12,20-22H2,1-2H3/b17-11-. The van der Waals surface area contributed by atoms with Crippen LogP contribution < -0.4 is 17.2 Å². The van der Waals surface area contributed by atoms with Crippen LogP contribution in [0.1, 0.15) is 16.7 Å². The minimum absolute atomic E-state index is 0.113. The molecule has 5 heteroatoms. The molecule has 0 fully saturated rings. The van der Waals surface area contributed by atoms with Crippen LogP contribution in [0, 0.1) is 0 Å². The maximum absolute atomic E-state index is 9.92. The Bertz CT molecular complexity index is 757. The van der Waals surface area contributed by atoms with Crippen LogP contribution in [0.15, 0.2) is 60.4 Å². The van der Waals surface area contributed by atoms with E-state index in [-0.39, 0.29) is 11.6 Å². The van der Waals surface area contributed by atoms with Gasteiger partial charge in [-0.15, -0.1) is 0 Å². The lowest BCUT2D eigenvalue weighted by atomic mass is 10.0. The molecular weight excluding hydrogens is 300 g/mol. The first-order valence-corrected chi connectivity index (χ1v) is 7.63. The van der Waals surface area contributed by atoms with Crippen LogP contribution in [0.2, 0.25) is 0 Å². The van der Waals surface area contributed by atoms with Crippen LogP contribution >= 0.6 is 0 Å². The molecule has 0 atom stereocenters. The van der Waals surface area contributed by atoms with Crippen LogP contribution in [0.25, 0.3) is 11.3 Å². The summed E-state index contributed by atoms with van der Waals surface area (Å²) in [5.74, 6) is 0.288. The molecule has 0 bridgehead atoms. The van der Waals surface area contributed by atoms with E-state index >= 15 is 0 Å². The van der Waals surface area contributed by atoms with Crippen LogP contribution in [-0.2, 0) is 6.54 Å². The third kappa shape index (κ3) is 4.30. The average Bonchev–Trinajstić information content (AvgIpc) is 2.53. The number of rotatable bonds is 5. The van der Waals surface area contributed by atoms with Crippen molar-refractivity contribution in [2.45, 2.75) is 6.54 Å². The molecule has 0 saturated carbocycles. The molecule has 0 heterocycles. The lowest BCUT2D eigenvalue weighted by molar-refractivity contribution is 0.402. The molecule has 0 aliphatic carbocycles. The van der Waals surface area contributed by atoms with Gasteiger partial charge in [0.1, 0.15) is 11.6 Å². The van der Waals surface area contributed by atoms with Crippen molar-refractivity contribution in [3.8, 4) is 5.75 Å². The minimum atomic E-state index is 0.113. The second kappa shape index (κ2) is 7.57. The zero-order valence-corrected chi connectivity index (χ0v) is 14.0. The van der Waals surface area contributed by atoms with Gasteiger partial charge in [-0.25, -0.2) is 0 Å². The maximum atomic E-state index is 9.92. The third-order valence-electron chi connectivity index (χ3n) is 3.59. The number of nitrogens with zero attached hydrogens (tertiary/aromatic N) is 1. The Balaban J connectivity index is 2.36.